The van der Waals surface area contributed by atoms with Crippen molar-refractivity contribution in [2.75, 3.05) is 38.7 Å². The molecule has 2 N–H and O–H groups in total. The number of methoxy groups -OCH3 is 1. The lowest BCUT2D eigenvalue weighted by Gasteiger charge is -2.34. The van der Waals surface area contributed by atoms with Gasteiger partial charge in [0.25, 0.3) is 0 Å². The number of benzene rings is 2. The highest BCUT2D eigenvalue weighted by Gasteiger charge is 2.27. The van der Waals surface area contributed by atoms with Crippen LogP contribution in [-0.4, -0.2) is 66.1 Å². The van der Waals surface area contributed by atoms with Gasteiger partial charge in [-0.1, -0.05) is 32.6 Å². The number of likely N-dealkylation sites (tertiary alicyclic amines) is 1. The molecule has 9 nitrogen and oxygen atoms in total. The van der Waals surface area contributed by atoms with Gasteiger partial charge in [0.2, 0.25) is 11.8 Å². The van der Waals surface area contributed by atoms with E-state index in [0.717, 1.165) is 59.4 Å². The summed E-state index contributed by atoms with van der Waals surface area (Å²) in [4.78, 5) is 34.9. The van der Waals surface area contributed by atoms with Crippen LogP contribution in [0.2, 0.25) is 0 Å². The van der Waals surface area contributed by atoms with Crippen LogP contribution in [0.3, 0.4) is 0 Å². The Kier molecular flexibility index (Phi) is 9.79. The first kappa shape index (κ1) is 29.8. The highest BCUT2D eigenvalue weighted by atomic mass is 16.5. The van der Waals surface area contributed by atoms with Crippen molar-refractivity contribution in [1.29, 1.82) is 0 Å². The van der Waals surface area contributed by atoms with E-state index in [0.29, 0.717) is 12.2 Å². The van der Waals surface area contributed by atoms with Crippen LogP contribution in [0.25, 0.3) is 10.9 Å². The average molecular weight is 558 g/mol. The summed E-state index contributed by atoms with van der Waals surface area (Å²) >= 11 is 0. The third-order valence-corrected chi connectivity index (χ3v) is 6.72. The standard InChI is InChI=1S/C32H39N5O4/c1-22-17-24(9-11-28(22)41-25-12-15-37(16-13-25)30(39)19-32(2,3)4)36-31-26-18-23(8-10-27(26)34-21-35-31)7-6-14-33-29(38)20-40-5/h8-11,17-18,21,25H,12-16,19-20H2,1-5H3,(H,33,38)(H,34,35,36). The first-order valence-electron chi connectivity index (χ1n) is 13.9. The molecule has 9 heteroatoms. The number of nitrogens with one attached hydrogen (secondary N) is 2. The quantitative estimate of drug-likeness (QED) is 0.390. The molecule has 1 aliphatic rings. The molecule has 2 heterocycles. The van der Waals surface area contributed by atoms with Crippen LogP contribution in [0, 0.1) is 24.2 Å². The molecule has 0 saturated carbocycles. The van der Waals surface area contributed by atoms with Gasteiger partial charge in [0.15, 0.2) is 0 Å². The zero-order valence-corrected chi connectivity index (χ0v) is 24.5. The average Bonchev–Trinajstić information content (AvgIpc) is 2.92. The first-order valence-corrected chi connectivity index (χ1v) is 13.9. The summed E-state index contributed by atoms with van der Waals surface area (Å²) in [5, 5.41) is 6.93. The number of aryl methyl sites for hydroxylation is 1. The molecule has 0 radical (unpaired) electrons. The van der Waals surface area contributed by atoms with E-state index >= 15 is 0 Å². The smallest absolute Gasteiger partial charge is 0.246 e. The van der Waals surface area contributed by atoms with Crippen LogP contribution in [0.1, 0.15) is 51.2 Å². The van der Waals surface area contributed by atoms with Crippen molar-refractivity contribution in [3.63, 3.8) is 0 Å². The van der Waals surface area contributed by atoms with Gasteiger partial charge in [-0.25, -0.2) is 9.97 Å². The fraction of sp³-hybridized carbons (Fsp3) is 0.438. The third-order valence-electron chi connectivity index (χ3n) is 6.72. The fourth-order valence-corrected chi connectivity index (χ4v) is 4.67. The minimum Gasteiger partial charge on any atom is -0.490 e. The molecule has 1 fully saturated rings. The second kappa shape index (κ2) is 13.5. The van der Waals surface area contributed by atoms with E-state index in [4.69, 9.17) is 9.47 Å². The Labute approximate surface area is 242 Å². The van der Waals surface area contributed by atoms with Crippen LogP contribution in [0.5, 0.6) is 5.75 Å². The molecule has 2 aromatic carbocycles. The Hall–Kier alpha value is -4.16. The number of carbonyl (C=O) groups excluding carboxylic acids is 2. The number of anilines is 2. The normalized spacial score (nSPS) is 13.8. The zero-order valence-electron chi connectivity index (χ0n) is 24.5. The molecule has 2 amide bonds. The van der Waals surface area contributed by atoms with Crippen LogP contribution in [0.4, 0.5) is 11.5 Å². The summed E-state index contributed by atoms with van der Waals surface area (Å²) in [5.41, 5.74) is 3.49. The second-order valence-corrected chi connectivity index (χ2v) is 11.5. The first-order chi connectivity index (χ1) is 19.6. The van der Waals surface area contributed by atoms with Crippen LogP contribution >= 0.6 is 0 Å². The van der Waals surface area contributed by atoms with E-state index < -0.39 is 0 Å². The highest BCUT2D eigenvalue weighted by molar-refractivity contribution is 5.91. The minimum atomic E-state index is -0.208. The van der Waals surface area contributed by atoms with Crippen molar-refractivity contribution in [1.82, 2.24) is 20.2 Å². The highest BCUT2D eigenvalue weighted by Crippen LogP contribution is 2.29. The van der Waals surface area contributed by atoms with E-state index in [-0.39, 0.29) is 36.5 Å². The maximum absolute atomic E-state index is 12.6. The summed E-state index contributed by atoms with van der Waals surface area (Å²) in [7, 11) is 1.47. The zero-order chi connectivity index (χ0) is 29.4. The van der Waals surface area contributed by atoms with Gasteiger partial charge in [0, 0.05) is 56.1 Å². The summed E-state index contributed by atoms with van der Waals surface area (Å²) in [6, 6.07) is 11.7. The van der Waals surface area contributed by atoms with Gasteiger partial charge in [-0.3, -0.25) is 9.59 Å². The fourth-order valence-electron chi connectivity index (χ4n) is 4.67. The van der Waals surface area contributed by atoms with Gasteiger partial charge in [-0.15, -0.1) is 0 Å². The number of amides is 2. The number of carbonyl (C=O) groups is 2. The largest absolute Gasteiger partial charge is 0.490 e. The molecule has 0 atom stereocenters. The summed E-state index contributed by atoms with van der Waals surface area (Å²) < 4.78 is 11.1. The number of aromatic nitrogens is 2. The topological polar surface area (TPSA) is 106 Å². The molecule has 3 aromatic rings. The number of ether oxygens (including phenoxy) is 2. The number of rotatable bonds is 8. The summed E-state index contributed by atoms with van der Waals surface area (Å²) in [6.07, 6.45) is 3.84. The Morgan fingerprint density at radius 1 is 1.10 bits per heavy atom. The van der Waals surface area contributed by atoms with Gasteiger partial charge in [0.1, 0.15) is 30.6 Å². The SMILES string of the molecule is COCC(=O)NCC#Cc1ccc2ncnc(Nc3ccc(OC4CCN(C(=O)CC(C)(C)C)CC4)c(C)c3)c2c1. The summed E-state index contributed by atoms with van der Waals surface area (Å²) in [6.45, 7) is 10.0. The van der Waals surface area contributed by atoms with Crippen LogP contribution in [-0.2, 0) is 14.3 Å². The third kappa shape index (κ3) is 8.66. The molecule has 1 aromatic heterocycles. The minimum absolute atomic E-state index is 0.00373. The van der Waals surface area contributed by atoms with Gasteiger partial charge >= 0.3 is 0 Å². The van der Waals surface area contributed by atoms with Crippen LogP contribution < -0.4 is 15.4 Å². The summed E-state index contributed by atoms with van der Waals surface area (Å²) in [5.74, 6) is 7.57. The number of hydrogen-bond donors (Lipinski definition) is 2. The van der Waals surface area contributed by atoms with Crippen molar-refractivity contribution >= 4 is 34.2 Å². The van der Waals surface area contributed by atoms with E-state index in [1.54, 1.807) is 0 Å². The van der Waals surface area contributed by atoms with Crippen LogP contribution in [0.15, 0.2) is 42.7 Å². The Morgan fingerprint density at radius 2 is 1.88 bits per heavy atom. The Balaban J connectivity index is 1.38. The predicted octanol–water partition coefficient (Wildman–Crippen LogP) is 4.60. The molecule has 1 saturated heterocycles. The van der Waals surface area contributed by atoms with E-state index in [1.165, 1.54) is 13.4 Å². The van der Waals surface area contributed by atoms with Gasteiger partial charge in [0.05, 0.1) is 12.1 Å². The molecular formula is C32H39N5O4. The molecular weight excluding hydrogens is 518 g/mol. The van der Waals surface area contributed by atoms with Gasteiger partial charge < -0.3 is 25.0 Å². The Bertz CT molecular complexity index is 1450. The molecule has 0 unspecified atom stereocenters. The van der Waals surface area contributed by atoms with Crippen molar-refractivity contribution in [2.24, 2.45) is 5.41 Å². The number of fused-ring (bicyclic) bond motifs is 1. The lowest BCUT2D eigenvalue weighted by atomic mass is 9.91. The monoisotopic (exact) mass is 557 g/mol. The van der Waals surface area contributed by atoms with Crippen molar-refractivity contribution < 1.29 is 19.1 Å². The number of nitrogens with zero attached hydrogens (tertiary/aromatic N) is 3. The Morgan fingerprint density at radius 3 is 2.59 bits per heavy atom. The van der Waals surface area contributed by atoms with Crippen molar-refractivity contribution in [3.8, 4) is 17.6 Å². The molecule has 0 spiro atoms. The van der Waals surface area contributed by atoms with Crippen molar-refractivity contribution in [2.45, 2.75) is 53.1 Å². The molecule has 0 bridgehead atoms. The maximum Gasteiger partial charge on any atom is 0.246 e. The molecule has 1 aliphatic heterocycles. The molecule has 0 aliphatic carbocycles. The van der Waals surface area contributed by atoms with E-state index in [2.05, 4.69) is 53.2 Å². The van der Waals surface area contributed by atoms with Gasteiger partial charge in [-0.2, -0.15) is 0 Å². The van der Waals surface area contributed by atoms with Crippen molar-refractivity contribution in [3.05, 3.63) is 53.9 Å². The van der Waals surface area contributed by atoms with E-state index in [1.807, 2.05) is 48.2 Å². The lowest BCUT2D eigenvalue weighted by Crippen LogP contribution is -2.42. The lowest BCUT2D eigenvalue weighted by molar-refractivity contribution is -0.134. The van der Waals surface area contributed by atoms with E-state index in [9.17, 15) is 9.59 Å². The predicted molar refractivity (Wildman–Crippen MR) is 160 cm³/mol. The molecule has 216 valence electrons. The number of piperidine rings is 1. The molecule has 41 heavy (non-hydrogen) atoms. The number of hydrogen-bond acceptors (Lipinski definition) is 7. The second-order valence-electron chi connectivity index (χ2n) is 11.5. The molecule has 4 rings (SSSR count). The van der Waals surface area contributed by atoms with Gasteiger partial charge in [-0.05, 0) is 54.3 Å². The maximum atomic E-state index is 12.6.